The zero-order chi connectivity index (χ0) is 11.8. The molecule has 5 N–H and O–H groups in total. The molecule has 0 aliphatic heterocycles. The molecule has 0 amide bonds. The maximum atomic E-state index is 6.22. The Morgan fingerprint density at radius 2 is 1.94 bits per heavy atom. The molecule has 90 valence electrons. The maximum Gasteiger partial charge on any atom is 0.0456 e. The molecule has 1 fully saturated rings. The lowest BCUT2D eigenvalue weighted by Crippen LogP contribution is -2.40. The molecule has 2 aromatic rings. The molecule has 1 aliphatic rings. The van der Waals surface area contributed by atoms with E-state index in [9.17, 15) is 0 Å². The highest BCUT2D eigenvalue weighted by molar-refractivity contribution is 5.80. The summed E-state index contributed by atoms with van der Waals surface area (Å²) in [5.41, 5.74) is 14.6. The molecule has 0 saturated heterocycles. The molecule has 1 heterocycles. The number of para-hydroxylation sites is 1. The lowest BCUT2D eigenvalue weighted by Gasteiger charge is -2.31. The molecular formula is C14H19N3. The molecule has 3 unspecified atom stereocenters. The minimum absolute atomic E-state index is 0.187. The Labute approximate surface area is 101 Å². The summed E-state index contributed by atoms with van der Waals surface area (Å²) in [5, 5.41) is 1.27. The predicted molar refractivity (Wildman–Crippen MR) is 70.8 cm³/mol. The molecule has 0 radical (unpaired) electrons. The zero-order valence-corrected chi connectivity index (χ0v) is 9.89. The van der Waals surface area contributed by atoms with Gasteiger partial charge in [0.2, 0.25) is 0 Å². The zero-order valence-electron chi connectivity index (χ0n) is 9.89. The third kappa shape index (κ3) is 1.96. The number of fused-ring (bicyclic) bond motifs is 1. The van der Waals surface area contributed by atoms with Gasteiger partial charge in [-0.3, -0.25) is 0 Å². The quantitative estimate of drug-likeness (QED) is 0.701. The number of nitrogens with two attached hydrogens (primary N) is 2. The standard InChI is InChI=1S/C14H19N3/c15-10-5-6-11(12(16)8-10)14-7-9-3-1-2-4-13(9)17-14/h1-4,7,10-12,17H,5-6,8,15-16H2. The van der Waals surface area contributed by atoms with Gasteiger partial charge in [0.25, 0.3) is 0 Å². The van der Waals surface area contributed by atoms with Crippen molar-refractivity contribution in [2.75, 3.05) is 0 Å². The van der Waals surface area contributed by atoms with Gasteiger partial charge in [-0.15, -0.1) is 0 Å². The molecule has 1 aliphatic carbocycles. The number of H-pyrrole nitrogens is 1. The van der Waals surface area contributed by atoms with E-state index in [1.165, 1.54) is 16.6 Å². The first kappa shape index (κ1) is 10.8. The Kier molecular flexibility index (Phi) is 2.65. The molecule has 17 heavy (non-hydrogen) atoms. The van der Waals surface area contributed by atoms with Crippen LogP contribution in [0.4, 0.5) is 0 Å². The first-order valence-electron chi connectivity index (χ1n) is 6.33. The van der Waals surface area contributed by atoms with Crippen LogP contribution in [0, 0.1) is 0 Å². The number of rotatable bonds is 1. The van der Waals surface area contributed by atoms with E-state index in [1.807, 2.05) is 0 Å². The average Bonchev–Trinajstić information content (AvgIpc) is 2.72. The summed E-state index contributed by atoms with van der Waals surface area (Å²) >= 11 is 0. The van der Waals surface area contributed by atoms with Crippen molar-refractivity contribution < 1.29 is 0 Å². The van der Waals surface area contributed by atoms with Crippen molar-refractivity contribution in [3.63, 3.8) is 0 Å². The van der Waals surface area contributed by atoms with E-state index in [-0.39, 0.29) is 12.1 Å². The molecule has 3 heteroatoms. The second-order valence-electron chi connectivity index (χ2n) is 5.16. The number of aromatic amines is 1. The third-order valence-corrected chi connectivity index (χ3v) is 3.89. The van der Waals surface area contributed by atoms with Gasteiger partial charge in [-0.25, -0.2) is 0 Å². The van der Waals surface area contributed by atoms with E-state index in [0.717, 1.165) is 19.3 Å². The summed E-state index contributed by atoms with van der Waals surface area (Å²) in [6.45, 7) is 0. The molecule has 0 bridgehead atoms. The van der Waals surface area contributed by atoms with Crippen LogP contribution in [0.2, 0.25) is 0 Å². The van der Waals surface area contributed by atoms with Crippen molar-refractivity contribution in [3.05, 3.63) is 36.0 Å². The summed E-state index contributed by atoms with van der Waals surface area (Å²) in [7, 11) is 0. The van der Waals surface area contributed by atoms with Crippen LogP contribution in [-0.4, -0.2) is 17.1 Å². The summed E-state index contributed by atoms with van der Waals surface area (Å²) in [6, 6.07) is 11.1. The average molecular weight is 229 g/mol. The first-order chi connectivity index (χ1) is 8.24. The monoisotopic (exact) mass is 229 g/mol. The van der Waals surface area contributed by atoms with Crippen molar-refractivity contribution in [3.8, 4) is 0 Å². The molecule has 1 saturated carbocycles. The van der Waals surface area contributed by atoms with Gasteiger partial charge in [0.15, 0.2) is 0 Å². The SMILES string of the molecule is NC1CCC(c2cc3ccccc3[nH]2)C(N)C1. The van der Waals surface area contributed by atoms with Crippen LogP contribution < -0.4 is 11.5 Å². The first-order valence-corrected chi connectivity index (χ1v) is 6.33. The fraction of sp³-hybridized carbons (Fsp3) is 0.429. The van der Waals surface area contributed by atoms with Crippen LogP contribution in [0.1, 0.15) is 30.9 Å². The lowest BCUT2D eigenvalue weighted by atomic mass is 9.81. The van der Waals surface area contributed by atoms with Crippen LogP contribution in [0.5, 0.6) is 0 Å². The second kappa shape index (κ2) is 4.17. The van der Waals surface area contributed by atoms with Crippen molar-refractivity contribution in [2.24, 2.45) is 11.5 Å². The summed E-state index contributed by atoms with van der Waals surface area (Å²) in [6.07, 6.45) is 3.10. The van der Waals surface area contributed by atoms with Gasteiger partial charge >= 0.3 is 0 Å². The molecule has 1 aromatic heterocycles. The van der Waals surface area contributed by atoms with E-state index < -0.39 is 0 Å². The summed E-state index contributed by atoms with van der Waals surface area (Å²) in [5.74, 6) is 0.433. The van der Waals surface area contributed by atoms with Crippen LogP contribution in [0.25, 0.3) is 10.9 Å². The van der Waals surface area contributed by atoms with Gasteiger partial charge in [-0.2, -0.15) is 0 Å². The second-order valence-corrected chi connectivity index (χ2v) is 5.16. The Morgan fingerprint density at radius 3 is 2.71 bits per heavy atom. The topological polar surface area (TPSA) is 67.8 Å². The fourth-order valence-corrected chi connectivity index (χ4v) is 2.92. The van der Waals surface area contributed by atoms with E-state index in [1.54, 1.807) is 0 Å². The Balaban J connectivity index is 1.93. The highest BCUT2D eigenvalue weighted by atomic mass is 14.8. The van der Waals surface area contributed by atoms with Gasteiger partial charge < -0.3 is 16.5 Å². The van der Waals surface area contributed by atoms with Gasteiger partial charge in [0.1, 0.15) is 0 Å². The number of hydrogen-bond donors (Lipinski definition) is 3. The lowest BCUT2D eigenvalue weighted by molar-refractivity contribution is 0.344. The number of benzene rings is 1. The molecule has 0 spiro atoms. The largest absolute Gasteiger partial charge is 0.358 e. The maximum absolute atomic E-state index is 6.22. The smallest absolute Gasteiger partial charge is 0.0456 e. The van der Waals surface area contributed by atoms with Gasteiger partial charge in [0, 0.05) is 29.2 Å². The Bertz CT molecular complexity index is 484. The van der Waals surface area contributed by atoms with E-state index in [4.69, 9.17) is 11.5 Å². The minimum Gasteiger partial charge on any atom is -0.358 e. The van der Waals surface area contributed by atoms with E-state index >= 15 is 0 Å². The van der Waals surface area contributed by atoms with Crippen LogP contribution >= 0.6 is 0 Å². The molecule has 3 nitrogen and oxygen atoms in total. The molecule has 3 atom stereocenters. The number of hydrogen-bond acceptors (Lipinski definition) is 2. The van der Waals surface area contributed by atoms with Gasteiger partial charge in [-0.1, -0.05) is 18.2 Å². The summed E-state index contributed by atoms with van der Waals surface area (Å²) in [4.78, 5) is 3.49. The highest BCUT2D eigenvalue weighted by Gasteiger charge is 2.28. The number of aromatic nitrogens is 1. The van der Waals surface area contributed by atoms with E-state index in [0.29, 0.717) is 5.92 Å². The predicted octanol–water partition coefficient (Wildman–Crippen LogP) is 2.09. The fourth-order valence-electron chi connectivity index (χ4n) is 2.92. The van der Waals surface area contributed by atoms with Crippen molar-refractivity contribution >= 4 is 10.9 Å². The van der Waals surface area contributed by atoms with Gasteiger partial charge in [0.05, 0.1) is 0 Å². The molecule has 1 aromatic carbocycles. The van der Waals surface area contributed by atoms with Crippen molar-refractivity contribution in [1.82, 2.24) is 4.98 Å². The van der Waals surface area contributed by atoms with Crippen LogP contribution in [-0.2, 0) is 0 Å². The summed E-state index contributed by atoms with van der Waals surface area (Å²) < 4.78 is 0. The van der Waals surface area contributed by atoms with E-state index in [2.05, 4.69) is 35.3 Å². The Hall–Kier alpha value is -1.32. The Morgan fingerprint density at radius 1 is 1.12 bits per heavy atom. The normalized spacial score (nSPS) is 29.6. The highest BCUT2D eigenvalue weighted by Crippen LogP contribution is 2.32. The third-order valence-electron chi connectivity index (χ3n) is 3.89. The van der Waals surface area contributed by atoms with Crippen molar-refractivity contribution in [1.29, 1.82) is 0 Å². The van der Waals surface area contributed by atoms with Crippen molar-refractivity contribution in [2.45, 2.75) is 37.3 Å². The molecule has 3 rings (SSSR count). The minimum atomic E-state index is 0.187. The van der Waals surface area contributed by atoms with Gasteiger partial charge in [-0.05, 0) is 36.8 Å². The molecular weight excluding hydrogens is 210 g/mol. The van der Waals surface area contributed by atoms with Crippen LogP contribution in [0.15, 0.2) is 30.3 Å². The van der Waals surface area contributed by atoms with Crippen LogP contribution in [0.3, 0.4) is 0 Å². The number of nitrogens with one attached hydrogen (secondary N) is 1.